The summed E-state index contributed by atoms with van der Waals surface area (Å²) in [6, 6.07) is 18.7. The summed E-state index contributed by atoms with van der Waals surface area (Å²) in [7, 11) is 0.227. The van der Waals surface area contributed by atoms with E-state index in [0.717, 1.165) is 0 Å². The van der Waals surface area contributed by atoms with Crippen molar-refractivity contribution in [1.29, 1.82) is 0 Å². The minimum atomic E-state index is -3.71. The lowest BCUT2D eigenvalue weighted by Gasteiger charge is -2.23. The fourth-order valence-electron chi connectivity index (χ4n) is 2.82. The maximum absolute atomic E-state index is 12.5. The van der Waals surface area contributed by atoms with Crippen LogP contribution in [-0.2, 0) is 10.0 Å². The van der Waals surface area contributed by atoms with Crippen LogP contribution in [0, 0.1) is 0 Å². The van der Waals surface area contributed by atoms with E-state index in [0.29, 0.717) is 17.8 Å². The average Bonchev–Trinajstić information content (AvgIpc) is 3.22. The van der Waals surface area contributed by atoms with Crippen molar-refractivity contribution in [3.05, 3.63) is 82.6 Å². The third kappa shape index (κ3) is 5.44. The van der Waals surface area contributed by atoms with Gasteiger partial charge in [-0.2, -0.15) is 0 Å². The number of hydrogen-bond donors (Lipinski definition) is 2. The minimum Gasteiger partial charge on any atom is -0.350 e. The molecule has 0 radical (unpaired) electrons. The van der Waals surface area contributed by atoms with E-state index >= 15 is 0 Å². The first-order chi connectivity index (χ1) is 13.9. The molecule has 0 spiro atoms. The van der Waals surface area contributed by atoms with Gasteiger partial charge in [-0.1, -0.05) is 24.3 Å². The summed E-state index contributed by atoms with van der Waals surface area (Å²) >= 11 is 1.65. The number of anilines is 1. The second-order valence-corrected chi connectivity index (χ2v) is 9.36. The molecule has 0 aliphatic carbocycles. The number of rotatable bonds is 8. The Balaban J connectivity index is 1.65. The highest BCUT2D eigenvalue weighted by Crippen LogP contribution is 2.22. The zero-order valence-electron chi connectivity index (χ0n) is 16.2. The molecule has 1 amide bonds. The summed E-state index contributed by atoms with van der Waals surface area (Å²) in [5.74, 6) is -0.242. The van der Waals surface area contributed by atoms with Gasteiger partial charge in [-0.25, -0.2) is 8.42 Å². The molecule has 29 heavy (non-hydrogen) atoms. The Morgan fingerprint density at radius 3 is 2.28 bits per heavy atom. The monoisotopic (exact) mass is 429 g/mol. The third-order valence-corrected chi connectivity index (χ3v) is 6.77. The van der Waals surface area contributed by atoms with E-state index < -0.39 is 10.0 Å². The summed E-state index contributed by atoms with van der Waals surface area (Å²) in [6.07, 6.45) is 0. The Morgan fingerprint density at radius 1 is 1.00 bits per heavy atom. The van der Waals surface area contributed by atoms with E-state index in [1.807, 2.05) is 37.7 Å². The molecule has 8 heteroatoms. The van der Waals surface area contributed by atoms with Crippen LogP contribution in [0.25, 0.3) is 0 Å². The summed E-state index contributed by atoms with van der Waals surface area (Å²) in [5.41, 5.74) is 0.893. The van der Waals surface area contributed by atoms with Crippen molar-refractivity contribution in [2.75, 3.05) is 25.4 Å². The predicted octanol–water partition coefficient (Wildman–Crippen LogP) is 3.58. The molecule has 0 unspecified atom stereocenters. The lowest BCUT2D eigenvalue weighted by Crippen LogP contribution is -2.34. The Hall–Kier alpha value is -2.68. The lowest BCUT2D eigenvalue weighted by atomic mass is 10.2. The second-order valence-electron chi connectivity index (χ2n) is 6.70. The number of benzene rings is 2. The normalized spacial score (nSPS) is 12.5. The second kappa shape index (κ2) is 9.21. The Bertz CT molecular complexity index is 1030. The first kappa shape index (κ1) is 21.0. The molecule has 1 heterocycles. The molecule has 0 bridgehead atoms. The van der Waals surface area contributed by atoms with Crippen LogP contribution in [0.15, 0.2) is 77.0 Å². The SMILES string of the molecule is CN(C)[C@H](CNC(=O)c1ccc(S(=O)(=O)Nc2ccccc2)cc1)c1cccs1. The molecule has 3 rings (SSSR count). The molecule has 0 aliphatic rings. The predicted molar refractivity (Wildman–Crippen MR) is 117 cm³/mol. The molecule has 0 saturated heterocycles. The quantitative estimate of drug-likeness (QED) is 0.574. The molecule has 0 aliphatic heterocycles. The number of carbonyl (C=O) groups excluding carboxylic acids is 1. The van der Waals surface area contributed by atoms with Crippen molar-refractivity contribution in [1.82, 2.24) is 10.2 Å². The first-order valence-electron chi connectivity index (χ1n) is 9.03. The van der Waals surface area contributed by atoms with Crippen LogP contribution < -0.4 is 10.0 Å². The number of carbonyl (C=O) groups is 1. The Labute approximate surface area is 175 Å². The standard InChI is InChI=1S/C21H23N3O3S2/c1-24(2)19(20-9-6-14-28-20)15-22-21(25)16-10-12-18(13-11-16)29(26,27)23-17-7-4-3-5-8-17/h3-14,19,23H,15H2,1-2H3,(H,22,25)/t19-/m1/s1. The molecule has 2 aromatic carbocycles. The van der Waals surface area contributed by atoms with E-state index in [4.69, 9.17) is 0 Å². The van der Waals surface area contributed by atoms with E-state index in [1.165, 1.54) is 29.1 Å². The van der Waals surface area contributed by atoms with Crippen LogP contribution in [0.3, 0.4) is 0 Å². The van der Waals surface area contributed by atoms with Gasteiger partial charge >= 0.3 is 0 Å². The smallest absolute Gasteiger partial charge is 0.261 e. The van der Waals surface area contributed by atoms with Crippen molar-refractivity contribution in [2.24, 2.45) is 0 Å². The minimum absolute atomic E-state index is 0.0775. The number of likely N-dealkylation sites (N-methyl/N-ethyl adjacent to an activating group) is 1. The fraction of sp³-hybridized carbons (Fsp3) is 0.190. The molecule has 0 fully saturated rings. The lowest BCUT2D eigenvalue weighted by molar-refractivity contribution is 0.0942. The molecule has 0 saturated carbocycles. The molecule has 2 N–H and O–H groups in total. The maximum atomic E-state index is 12.5. The number of para-hydroxylation sites is 1. The van der Waals surface area contributed by atoms with Gasteiger partial charge in [0.2, 0.25) is 0 Å². The molecule has 1 atom stereocenters. The molecule has 6 nitrogen and oxygen atoms in total. The van der Waals surface area contributed by atoms with Gasteiger partial charge < -0.3 is 10.2 Å². The van der Waals surface area contributed by atoms with Gasteiger partial charge in [0.25, 0.3) is 15.9 Å². The van der Waals surface area contributed by atoms with Crippen molar-refractivity contribution in [3.8, 4) is 0 Å². The maximum Gasteiger partial charge on any atom is 0.261 e. The number of amides is 1. The Kier molecular flexibility index (Phi) is 6.68. The molecule has 152 valence electrons. The van der Waals surface area contributed by atoms with Crippen LogP contribution in [0.2, 0.25) is 0 Å². The summed E-state index contributed by atoms with van der Waals surface area (Å²) in [6.45, 7) is 0.460. The van der Waals surface area contributed by atoms with Gasteiger partial charge in [0.05, 0.1) is 10.9 Å². The summed E-state index contributed by atoms with van der Waals surface area (Å²) in [4.78, 5) is 15.8. The zero-order valence-corrected chi connectivity index (χ0v) is 17.8. The van der Waals surface area contributed by atoms with E-state index in [1.54, 1.807) is 35.6 Å². The van der Waals surface area contributed by atoms with Crippen LogP contribution >= 0.6 is 11.3 Å². The van der Waals surface area contributed by atoms with E-state index in [9.17, 15) is 13.2 Å². The molecule has 3 aromatic rings. The number of nitrogens with zero attached hydrogens (tertiary/aromatic N) is 1. The highest BCUT2D eigenvalue weighted by Gasteiger charge is 2.18. The number of hydrogen-bond acceptors (Lipinski definition) is 5. The largest absolute Gasteiger partial charge is 0.350 e. The van der Waals surface area contributed by atoms with Gasteiger partial charge in [0.15, 0.2) is 0 Å². The van der Waals surface area contributed by atoms with Gasteiger partial charge in [0.1, 0.15) is 0 Å². The van der Waals surface area contributed by atoms with E-state index in [-0.39, 0.29) is 16.8 Å². The highest BCUT2D eigenvalue weighted by molar-refractivity contribution is 7.92. The van der Waals surface area contributed by atoms with E-state index in [2.05, 4.69) is 14.9 Å². The van der Waals surface area contributed by atoms with Crippen LogP contribution in [-0.4, -0.2) is 39.9 Å². The van der Waals surface area contributed by atoms with Crippen molar-refractivity contribution >= 4 is 33.0 Å². The molecular formula is C21H23N3O3S2. The van der Waals surface area contributed by atoms with Crippen molar-refractivity contribution in [3.63, 3.8) is 0 Å². The van der Waals surface area contributed by atoms with Crippen LogP contribution in [0.1, 0.15) is 21.3 Å². The van der Waals surface area contributed by atoms with Gasteiger partial charge in [0, 0.05) is 22.7 Å². The fourth-order valence-corrected chi connectivity index (χ4v) is 4.80. The summed E-state index contributed by atoms with van der Waals surface area (Å²) < 4.78 is 27.5. The zero-order chi connectivity index (χ0) is 20.9. The van der Waals surface area contributed by atoms with Gasteiger partial charge in [-0.3, -0.25) is 9.52 Å². The van der Waals surface area contributed by atoms with Crippen molar-refractivity contribution in [2.45, 2.75) is 10.9 Å². The third-order valence-electron chi connectivity index (χ3n) is 4.40. The van der Waals surface area contributed by atoms with Crippen molar-refractivity contribution < 1.29 is 13.2 Å². The number of nitrogens with one attached hydrogen (secondary N) is 2. The first-order valence-corrected chi connectivity index (χ1v) is 11.4. The average molecular weight is 430 g/mol. The van der Waals surface area contributed by atoms with Crippen LogP contribution in [0.5, 0.6) is 0 Å². The molecule has 1 aromatic heterocycles. The topological polar surface area (TPSA) is 78.5 Å². The summed E-state index contributed by atoms with van der Waals surface area (Å²) in [5, 5.41) is 4.94. The van der Waals surface area contributed by atoms with Gasteiger partial charge in [-0.15, -0.1) is 11.3 Å². The highest BCUT2D eigenvalue weighted by atomic mass is 32.2. The Morgan fingerprint density at radius 2 is 1.69 bits per heavy atom. The van der Waals surface area contributed by atoms with Crippen LogP contribution in [0.4, 0.5) is 5.69 Å². The number of sulfonamides is 1. The molecular weight excluding hydrogens is 406 g/mol. The number of thiophene rings is 1. The van der Waals surface area contributed by atoms with Gasteiger partial charge in [-0.05, 0) is 61.9 Å².